The van der Waals surface area contributed by atoms with Crippen molar-refractivity contribution in [3.05, 3.63) is 71.5 Å². The topological polar surface area (TPSA) is 181 Å². The van der Waals surface area contributed by atoms with Crippen LogP contribution in [0.1, 0.15) is 36.0 Å². The first-order chi connectivity index (χ1) is 18.8. The second-order valence-corrected chi connectivity index (χ2v) is 9.11. The van der Waals surface area contributed by atoms with Crippen molar-refractivity contribution in [2.45, 2.75) is 26.2 Å². The van der Waals surface area contributed by atoms with Crippen molar-refractivity contribution in [2.24, 2.45) is 0 Å². The van der Waals surface area contributed by atoms with Crippen LogP contribution in [-0.4, -0.2) is 64.4 Å². The largest absolute Gasteiger partial charge is 0.383 e. The molecule has 0 spiro atoms. The monoisotopic (exact) mass is 533 g/mol. The van der Waals surface area contributed by atoms with E-state index in [1.807, 2.05) is 38.2 Å². The summed E-state index contributed by atoms with van der Waals surface area (Å²) in [5, 5.41) is 26.1. The highest BCUT2D eigenvalue weighted by Gasteiger charge is 2.16. The molecule has 0 fully saturated rings. The Labute approximate surface area is 227 Å². The fraction of sp³-hybridized carbons (Fsp3) is 0.296. The second kappa shape index (κ2) is 14.4. The van der Waals surface area contributed by atoms with E-state index in [-0.39, 0.29) is 24.0 Å². The Morgan fingerprint density at radius 2 is 1.74 bits per heavy atom. The van der Waals surface area contributed by atoms with E-state index in [1.54, 1.807) is 29.7 Å². The van der Waals surface area contributed by atoms with E-state index in [4.69, 9.17) is 16.4 Å². The molecule has 2 aromatic carbocycles. The third-order valence-electron chi connectivity index (χ3n) is 5.91. The molecule has 1 heterocycles. The van der Waals surface area contributed by atoms with Crippen molar-refractivity contribution in [3.63, 3.8) is 0 Å². The molecule has 0 aliphatic heterocycles. The number of benzene rings is 2. The number of urea groups is 1. The van der Waals surface area contributed by atoms with Gasteiger partial charge in [0, 0.05) is 29.9 Å². The molecule has 0 radical (unpaired) electrons. The number of hydrogen-bond donors (Lipinski definition) is 7. The molecule has 0 aliphatic carbocycles. The zero-order valence-corrected chi connectivity index (χ0v) is 22.1. The minimum absolute atomic E-state index is 0.158. The highest BCUT2D eigenvalue weighted by molar-refractivity contribution is 6.16. The Hall–Kier alpha value is -4.55. The first kappa shape index (κ1) is 29.0. The van der Waals surface area contributed by atoms with Gasteiger partial charge in [-0.1, -0.05) is 24.3 Å². The summed E-state index contributed by atoms with van der Waals surface area (Å²) in [7, 11) is 1.96. The van der Waals surface area contributed by atoms with Crippen LogP contribution in [0.5, 0.6) is 0 Å². The predicted octanol–water partition coefficient (Wildman–Crippen LogP) is 3.45. The molecule has 0 aliphatic rings. The van der Waals surface area contributed by atoms with Gasteiger partial charge in [-0.3, -0.25) is 15.4 Å². The smallest absolute Gasteiger partial charge is 0.323 e. The minimum Gasteiger partial charge on any atom is -0.383 e. The van der Waals surface area contributed by atoms with Crippen molar-refractivity contribution >= 4 is 40.7 Å². The third kappa shape index (κ3) is 9.05. The van der Waals surface area contributed by atoms with Gasteiger partial charge in [-0.2, -0.15) is 0 Å². The summed E-state index contributed by atoms with van der Waals surface area (Å²) < 4.78 is 0. The van der Waals surface area contributed by atoms with Gasteiger partial charge in [0.05, 0.1) is 11.3 Å². The molecule has 3 amide bonds. The molecule has 3 aromatic rings. The summed E-state index contributed by atoms with van der Waals surface area (Å²) >= 11 is 0. The average molecular weight is 534 g/mol. The van der Waals surface area contributed by atoms with Crippen LogP contribution in [0.3, 0.4) is 0 Å². The van der Waals surface area contributed by atoms with Crippen molar-refractivity contribution < 1.29 is 14.8 Å². The van der Waals surface area contributed by atoms with Gasteiger partial charge in [0.1, 0.15) is 18.0 Å². The highest BCUT2D eigenvalue weighted by atomic mass is 16.5. The van der Waals surface area contributed by atoms with Crippen LogP contribution in [0.25, 0.3) is 0 Å². The third-order valence-corrected chi connectivity index (χ3v) is 5.91. The maximum atomic E-state index is 12.3. The Morgan fingerprint density at radius 3 is 2.46 bits per heavy atom. The number of hydrogen-bond acceptors (Lipinski definition) is 9. The van der Waals surface area contributed by atoms with Crippen LogP contribution in [0, 0.1) is 12.3 Å². The van der Waals surface area contributed by atoms with Crippen molar-refractivity contribution in [1.82, 2.24) is 20.3 Å². The van der Waals surface area contributed by atoms with E-state index in [9.17, 15) is 9.59 Å². The number of nitrogens with two attached hydrogens (primary N) is 1. The van der Waals surface area contributed by atoms with Gasteiger partial charge in [-0.05, 0) is 69.7 Å². The lowest BCUT2D eigenvalue weighted by Gasteiger charge is -2.17. The zero-order chi connectivity index (χ0) is 28.2. The molecule has 3 rings (SSSR count). The summed E-state index contributed by atoms with van der Waals surface area (Å²) in [6, 6.07) is 14.0. The predicted molar refractivity (Wildman–Crippen MR) is 152 cm³/mol. The molecule has 0 saturated carbocycles. The molecule has 0 bridgehead atoms. The Morgan fingerprint density at radius 1 is 1.03 bits per heavy atom. The Balaban J connectivity index is 1.55. The Kier molecular flexibility index (Phi) is 10.7. The summed E-state index contributed by atoms with van der Waals surface area (Å²) in [6.45, 7) is 4.06. The molecular formula is C27H35N9O3. The zero-order valence-electron chi connectivity index (χ0n) is 22.1. The van der Waals surface area contributed by atoms with Crippen molar-refractivity contribution in [3.8, 4) is 0 Å². The molecule has 8 N–H and O–H groups in total. The number of anilines is 4. The molecule has 1 aromatic heterocycles. The number of aryl methyl sites for hydroxylation is 1. The standard InChI is InChI=1S/C27H35N9O3/c1-18-6-3-7-21(16-18)34-27(38)33-20-11-9-19(10-12-20)24(28)23-25(29)31-17-32-26(23)30-13-5-15-36(2)14-4-8-22(37)35-39/h3,6-7,9-12,16-17,28,39H,4-5,8,13-15H2,1-2H3,(H,35,37)(H2,33,34,38)(H3,29,30,31,32). The number of carbonyl (C=O) groups excluding carboxylic acids is 2. The maximum Gasteiger partial charge on any atom is 0.323 e. The van der Waals surface area contributed by atoms with Crippen LogP contribution in [0.15, 0.2) is 54.9 Å². The van der Waals surface area contributed by atoms with Crippen LogP contribution in [0.4, 0.5) is 27.8 Å². The van der Waals surface area contributed by atoms with E-state index >= 15 is 0 Å². The van der Waals surface area contributed by atoms with E-state index in [0.717, 1.165) is 25.1 Å². The van der Waals surface area contributed by atoms with Gasteiger partial charge in [0.25, 0.3) is 0 Å². The average Bonchev–Trinajstić information content (AvgIpc) is 2.91. The fourth-order valence-electron chi connectivity index (χ4n) is 3.89. The lowest BCUT2D eigenvalue weighted by atomic mass is 10.0. The Bertz CT molecular complexity index is 1280. The van der Waals surface area contributed by atoms with Crippen LogP contribution in [0.2, 0.25) is 0 Å². The van der Waals surface area contributed by atoms with E-state index in [0.29, 0.717) is 41.3 Å². The molecule has 12 nitrogen and oxygen atoms in total. The molecule has 39 heavy (non-hydrogen) atoms. The number of aromatic nitrogens is 2. The van der Waals surface area contributed by atoms with Gasteiger partial charge in [-0.25, -0.2) is 20.2 Å². The molecule has 12 heteroatoms. The summed E-state index contributed by atoms with van der Waals surface area (Å²) in [4.78, 5) is 33.9. The molecule has 0 saturated heterocycles. The van der Waals surface area contributed by atoms with Crippen molar-refractivity contribution in [1.29, 1.82) is 5.41 Å². The number of amides is 3. The number of rotatable bonds is 13. The SMILES string of the molecule is Cc1cccc(NC(=O)Nc2ccc(C(=N)c3c(N)ncnc3NCCCN(C)CCCC(=O)NO)cc2)c1. The summed E-state index contributed by atoms with van der Waals surface area (Å²) in [5.41, 5.74) is 11.2. The first-order valence-electron chi connectivity index (χ1n) is 12.6. The normalized spacial score (nSPS) is 10.7. The quantitative estimate of drug-likeness (QED) is 0.0754. The molecule has 206 valence electrons. The first-order valence-corrected chi connectivity index (χ1v) is 12.6. The minimum atomic E-state index is -0.393. The maximum absolute atomic E-state index is 12.3. The number of nitrogens with zero attached hydrogens (tertiary/aromatic N) is 3. The van der Waals surface area contributed by atoms with Gasteiger partial charge in [0.2, 0.25) is 5.91 Å². The summed E-state index contributed by atoms with van der Waals surface area (Å²) in [5.74, 6) is 0.266. The summed E-state index contributed by atoms with van der Waals surface area (Å²) in [6.07, 6.45) is 3.06. The van der Waals surface area contributed by atoms with E-state index < -0.39 is 5.91 Å². The number of carbonyl (C=O) groups is 2. The molecule has 0 atom stereocenters. The lowest BCUT2D eigenvalue weighted by molar-refractivity contribution is -0.129. The van der Waals surface area contributed by atoms with Gasteiger partial charge in [-0.15, -0.1) is 0 Å². The molecule has 0 unspecified atom stereocenters. The van der Waals surface area contributed by atoms with Crippen molar-refractivity contribution in [2.75, 3.05) is 48.4 Å². The number of nitrogen functional groups attached to an aromatic ring is 1. The van der Waals surface area contributed by atoms with Crippen LogP contribution >= 0.6 is 0 Å². The number of nitrogens with one attached hydrogen (secondary N) is 5. The number of hydroxylamine groups is 1. The lowest BCUT2D eigenvalue weighted by Crippen LogP contribution is -2.25. The van der Waals surface area contributed by atoms with E-state index in [1.165, 1.54) is 6.33 Å². The highest BCUT2D eigenvalue weighted by Crippen LogP contribution is 2.22. The van der Waals surface area contributed by atoms with Gasteiger partial charge < -0.3 is 26.6 Å². The van der Waals surface area contributed by atoms with Crippen LogP contribution in [-0.2, 0) is 4.79 Å². The van der Waals surface area contributed by atoms with Crippen LogP contribution < -0.4 is 27.2 Å². The molecular weight excluding hydrogens is 498 g/mol. The van der Waals surface area contributed by atoms with Gasteiger partial charge in [0.15, 0.2) is 0 Å². The van der Waals surface area contributed by atoms with Gasteiger partial charge >= 0.3 is 6.03 Å². The second-order valence-electron chi connectivity index (χ2n) is 9.11. The van der Waals surface area contributed by atoms with E-state index in [2.05, 4.69) is 30.8 Å². The fourth-order valence-corrected chi connectivity index (χ4v) is 3.89.